The van der Waals surface area contributed by atoms with Crippen molar-refractivity contribution >= 4 is 11.9 Å². The molecule has 1 atom stereocenters. The summed E-state index contributed by atoms with van der Waals surface area (Å²) in [4.78, 5) is 26.5. The lowest BCUT2D eigenvalue weighted by Crippen LogP contribution is -2.35. The summed E-state index contributed by atoms with van der Waals surface area (Å²) in [5.41, 5.74) is 3.41. The Bertz CT molecular complexity index is 725. The van der Waals surface area contributed by atoms with Gasteiger partial charge in [0.2, 0.25) is 5.91 Å². The molecule has 0 saturated carbocycles. The van der Waals surface area contributed by atoms with Gasteiger partial charge in [0.1, 0.15) is 0 Å². The second-order valence-electron chi connectivity index (χ2n) is 6.71. The lowest BCUT2D eigenvalue weighted by Gasteiger charge is -2.29. The molecule has 4 nitrogen and oxygen atoms in total. The van der Waals surface area contributed by atoms with E-state index in [4.69, 9.17) is 4.74 Å². The van der Waals surface area contributed by atoms with Gasteiger partial charge < -0.3 is 9.64 Å². The first-order valence-corrected chi connectivity index (χ1v) is 9.56. The molecule has 144 valence electrons. The number of hydrogen-bond acceptors (Lipinski definition) is 3. The topological polar surface area (TPSA) is 46.6 Å². The molecule has 0 aliphatic rings. The van der Waals surface area contributed by atoms with E-state index in [1.807, 2.05) is 44.2 Å². The number of rotatable bonds is 9. The molecule has 0 spiro atoms. The van der Waals surface area contributed by atoms with Crippen molar-refractivity contribution < 1.29 is 14.3 Å². The molecule has 0 heterocycles. The van der Waals surface area contributed by atoms with Crippen molar-refractivity contribution in [2.75, 3.05) is 13.2 Å². The molecule has 0 radical (unpaired) electrons. The van der Waals surface area contributed by atoms with Gasteiger partial charge in [0, 0.05) is 13.0 Å². The lowest BCUT2D eigenvalue weighted by atomic mass is 10.0. The Labute approximate surface area is 162 Å². The molecule has 0 bridgehead atoms. The van der Waals surface area contributed by atoms with E-state index in [1.165, 1.54) is 5.56 Å². The maximum atomic E-state index is 12.9. The second-order valence-corrected chi connectivity index (χ2v) is 6.71. The van der Waals surface area contributed by atoms with Crippen LogP contribution in [0.3, 0.4) is 0 Å². The van der Waals surface area contributed by atoms with E-state index in [1.54, 1.807) is 11.8 Å². The second kappa shape index (κ2) is 10.5. The Morgan fingerprint density at radius 2 is 1.67 bits per heavy atom. The van der Waals surface area contributed by atoms with E-state index >= 15 is 0 Å². The van der Waals surface area contributed by atoms with Crippen LogP contribution in [0.1, 0.15) is 49.4 Å². The average molecular weight is 367 g/mol. The highest BCUT2D eigenvalue weighted by Gasteiger charge is 2.22. The maximum Gasteiger partial charge on any atom is 0.307 e. The van der Waals surface area contributed by atoms with Crippen molar-refractivity contribution in [3.63, 3.8) is 0 Å². The highest BCUT2D eigenvalue weighted by atomic mass is 16.5. The number of ether oxygens (including phenoxy) is 1. The summed E-state index contributed by atoms with van der Waals surface area (Å²) < 4.78 is 5.02. The summed E-state index contributed by atoms with van der Waals surface area (Å²) >= 11 is 0. The average Bonchev–Trinajstić information content (AvgIpc) is 2.68. The van der Waals surface area contributed by atoms with Crippen LogP contribution in [0.25, 0.3) is 0 Å². The third-order valence-electron chi connectivity index (χ3n) is 4.68. The van der Waals surface area contributed by atoms with Crippen molar-refractivity contribution in [2.24, 2.45) is 0 Å². The van der Waals surface area contributed by atoms with Gasteiger partial charge in [-0.05, 0) is 38.3 Å². The molecule has 0 fully saturated rings. The highest BCUT2D eigenvalue weighted by molar-refractivity contribution is 5.78. The Balaban J connectivity index is 2.05. The molecule has 27 heavy (non-hydrogen) atoms. The van der Waals surface area contributed by atoms with Crippen molar-refractivity contribution in [1.29, 1.82) is 0 Å². The van der Waals surface area contributed by atoms with E-state index in [2.05, 4.69) is 24.3 Å². The SMILES string of the molecule is CCOC(=O)CCN(C(=O)CCc1ccc(C)cc1)C(C)c1ccccc1. The summed E-state index contributed by atoms with van der Waals surface area (Å²) in [7, 11) is 0. The summed E-state index contributed by atoms with van der Waals surface area (Å²) in [6.07, 6.45) is 1.32. The molecular formula is C23H29NO3. The number of esters is 1. The van der Waals surface area contributed by atoms with Gasteiger partial charge in [0.15, 0.2) is 0 Å². The molecule has 2 rings (SSSR count). The molecule has 2 aromatic rings. The smallest absolute Gasteiger partial charge is 0.307 e. The van der Waals surface area contributed by atoms with E-state index in [0.29, 0.717) is 26.0 Å². The molecule has 0 aliphatic heterocycles. The van der Waals surface area contributed by atoms with Crippen molar-refractivity contribution in [3.05, 3.63) is 71.3 Å². The minimum atomic E-state index is -0.269. The van der Waals surface area contributed by atoms with Gasteiger partial charge in [-0.2, -0.15) is 0 Å². The first-order chi connectivity index (χ1) is 13.0. The number of carbonyl (C=O) groups excluding carboxylic acids is 2. The number of carbonyl (C=O) groups is 2. The predicted molar refractivity (Wildman–Crippen MR) is 107 cm³/mol. The number of aryl methyl sites for hydroxylation is 2. The van der Waals surface area contributed by atoms with Crippen LogP contribution in [0, 0.1) is 6.92 Å². The van der Waals surface area contributed by atoms with Crippen LogP contribution < -0.4 is 0 Å². The number of benzene rings is 2. The van der Waals surface area contributed by atoms with Gasteiger partial charge in [-0.3, -0.25) is 9.59 Å². The summed E-state index contributed by atoms with van der Waals surface area (Å²) in [6, 6.07) is 18.1. The van der Waals surface area contributed by atoms with Crippen LogP contribution in [0.15, 0.2) is 54.6 Å². The van der Waals surface area contributed by atoms with Gasteiger partial charge in [0.25, 0.3) is 0 Å². The van der Waals surface area contributed by atoms with Gasteiger partial charge >= 0.3 is 5.97 Å². The standard InChI is InChI=1S/C23H29NO3/c1-4-27-23(26)16-17-24(19(3)21-8-6-5-7-9-21)22(25)15-14-20-12-10-18(2)11-13-20/h5-13,19H,4,14-17H2,1-3H3. The monoisotopic (exact) mass is 367 g/mol. The fraction of sp³-hybridized carbons (Fsp3) is 0.391. The third-order valence-corrected chi connectivity index (χ3v) is 4.68. The van der Waals surface area contributed by atoms with Crippen LogP contribution >= 0.6 is 0 Å². The molecule has 1 amide bonds. The van der Waals surface area contributed by atoms with E-state index < -0.39 is 0 Å². The summed E-state index contributed by atoms with van der Waals surface area (Å²) in [6.45, 7) is 6.56. The number of hydrogen-bond donors (Lipinski definition) is 0. The maximum absolute atomic E-state index is 12.9. The quantitative estimate of drug-likeness (QED) is 0.614. The van der Waals surface area contributed by atoms with E-state index in [-0.39, 0.29) is 24.3 Å². The van der Waals surface area contributed by atoms with Crippen molar-refractivity contribution in [3.8, 4) is 0 Å². The molecular weight excluding hydrogens is 338 g/mol. The fourth-order valence-corrected chi connectivity index (χ4v) is 3.04. The zero-order valence-electron chi connectivity index (χ0n) is 16.5. The van der Waals surface area contributed by atoms with Gasteiger partial charge in [-0.15, -0.1) is 0 Å². The van der Waals surface area contributed by atoms with Gasteiger partial charge in [-0.25, -0.2) is 0 Å². The highest BCUT2D eigenvalue weighted by Crippen LogP contribution is 2.22. The van der Waals surface area contributed by atoms with Gasteiger partial charge in [-0.1, -0.05) is 60.2 Å². The Morgan fingerprint density at radius 3 is 2.30 bits per heavy atom. The Kier molecular flexibility index (Phi) is 8.05. The van der Waals surface area contributed by atoms with Crippen molar-refractivity contribution in [2.45, 2.75) is 46.1 Å². The molecule has 1 unspecified atom stereocenters. The van der Waals surface area contributed by atoms with Crippen LogP contribution in [0.4, 0.5) is 0 Å². The first-order valence-electron chi connectivity index (χ1n) is 9.56. The number of amides is 1. The lowest BCUT2D eigenvalue weighted by molar-refractivity contribution is -0.144. The van der Waals surface area contributed by atoms with Crippen LogP contribution in [0.5, 0.6) is 0 Å². The summed E-state index contributed by atoms with van der Waals surface area (Å²) in [5, 5.41) is 0. The summed E-state index contributed by atoms with van der Waals surface area (Å²) in [5.74, 6) is -0.217. The Hall–Kier alpha value is -2.62. The zero-order chi connectivity index (χ0) is 19.6. The van der Waals surface area contributed by atoms with Crippen molar-refractivity contribution in [1.82, 2.24) is 4.90 Å². The van der Waals surface area contributed by atoms with Gasteiger partial charge in [0.05, 0.1) is 19.1 Å². The fourth-order valence-electron chi connectivity index (χ4n) is 3.04. The van der Waals surface area contributed by atoms with Crippen LogP contribution in [-0.2, 0) is 20.7 Å². The zero-order valence-corrected chi connectivity index (χ0v) is 16.5. The molecule has 0 N–H and O–H groups in total. The molecule has 0 aromatic heterocycles. The van der Waals surface area contributed by atoms with E-state index in [9.17, 15) is 9.59 Å². The van der Waals surface area contributed by atoms with Crippen LogP contribution in [0.2, 0.25) is 0 Å². The molecule has 0 aliphatic carbocycles. The molecule has 4 heteroatoms. The Morgan fingerprint density at radius 1 is 1.00 bits per heavy atom. The van der Waals surface area contributed by atoms with E-state index in [0.717, 1.165) is 11.1 Å². The largest absolute Gasteiger partial charge is 0.466 e. The number of nitrogens with zero attached hydrogens (tertiary/aromatic N) is 1. The van der Waals surface area contributed by atoms with Crippen LogP contribution in [-0.4, -0.2) is 29.9 Å². The molecule has 0 saturated heterocycles. The molecule has 2 aromatic carbocycles. The minimum Gasteiger partial charge on any atom is -0.466 e. The third kappa shape index (κ3) is 6.55. The first kappa shape index (κ1) is 20.7. The predicted octanol–water partition coefficient (Wildman–Crippen LogP) is 4.47. The minimum absolute atomic E-state index is 0.0521. The normalized spacial score (nSPS) is 11.7.